The fourth-order valence-corrected chi connectivity index (χ4v) is 3.98. The number of piperidine rings is 1. The van der Waals surface area contributed by atoms with Gasteiger partial charge < -0.3 is 9.64 Å². The van der Waals surface area contributed by atoms with E-state index in [1.165, 1.54) is 25.1 Å². The molecule has 0 N–H and O–H groups in total. The summed E-state index contributed by atoms with van der Waals surface area (Å²) in [4.78, 5) is 26.2. The Morgan fingerprint density at radius 2 is 1.88 bits per heavy atom. The van der Waals surface area contributed by atoms with Gasteiger partial charge in [-0.25, -0.2) is 13.2 Å². The van der Waals surface area contributed by atoms with Crippen LogP contribution in [-0.4, -0.2) is 50.6 Å². The normalized spacial score (nSPS) is 17.2. The predicted molar refractivity (Wildman–Crippen MR) is 94.4 cm³/mol. The number of benzene rings is 1. The number of hydrogen-bond donors (Lipinski definition) is 0. The van der Waals surface area contributed by atoms with Crippen LogP contribution in [0, 0.1) is 5.92 Å². The topological polar surface area (TPSA) is 80.8 Å². The van der Waals surface area contributed by atoms with E-state index in [1.807, 2.05) is 0 Å². The summed E-state index contributed by atoms with van der Waals surface area (Å²) in [6, 6.07) is 3.87. The smallest absolute Gasteiger partial charge is 0.338 e. The van der Waals surface area contributed by atoms with Gasteiger partial charge in [0.05, 0.1) is 15.5 Å². The van der Waals surface area contributed by atoms with E-state index in [4.69, 9.17) is 16.3 Å². The third-order valence-electron chi connectivity index (χ3n) is 4.29. The number of amides is 1. The molecule has 1 aliphatic heterocycles. The zero-order valence-electron chi connectivity index (χ0n) is 14.5. The molecule has 6 nitrogen and oxygen atoms in total. The molecule has 1 heterocycles. The molecular formula is C17H22ClNO5S. The van der Waals surface area contributed by atoms with Crippen molar-refractivity contribution in [2.24, 2.45) is 5.92 Å². The standard InChI is InChI=1S/C17H22ClNO5S/c1-11-6-8-19(9-7-11)16(20)12(2)24-17(21)13-4-5-14(18)15(10-13)25(3,22)23/h4-5,10-12H,6-9H2,1-3H3. The van der Waals surface area contributed by atoms with Gasteiger partial charge in [0.1, 0.15) is 0 Å². The number of carbonyl (C=O) groups is 2. The van der Waals surface area contributed by atoms with Gasteiger partial charge >= 0.3 is 5.97 Å². The molecule has 138 valence electrons. The van der Waals surface area contributed by atoms with Gasteiger partial charge in [0.2, 0.25) is 0 Å². The number of esters is 1. The number of likely N-dealkylation sites (tertiary alicyclic amines) is 1. The number of halogens is 1. The van der Waals surface area contributed by atoms with Crippen LogP contribution in [0.1, 0.15) is 37.0 Å². The molecule has 1 amide bonds. The molecule has 1 aliphatic rings. The quantitative estimate of drug-likeness (QED) is 0.741. The first kappa shape index (κ1) is 19.7. The highest BCUT2D eigenvalue weighted by molar-refractivity contribution is 7.90. The van der Waals surface area contributed by atoms with Crippen molar-refractivity contribution in [3.8, 4) is 0 Å². The van der Waals surface area contributed by atoms with Gasteiger partial charge in [0.25, 0.3) is 5.91 Å². The van der Waals surface area contributed by atoms with E-state index in [-0.39, 0.29) is 21.4 Å². The molecule has 0 radical (unpaired) electrons. The number of carbonyl (C=O) groups excluding carboxylic acids is 2. The molecule has 1 aromatic rings. The Hall–Kier alpha value is -1.60. The third-order valence-corrected chi connectivity index (χ3v) is 5.87. The molecule has 1 aromatic carbocycles. The molecule has 25 heavy (non-hydrogen) atoms. The van der Waals surface area contributed by atoms with Crippen LogP contribution < -0.4 is 0 Å². The number of ether oxygens (including phenoxy) is 1. The van der Waals surface area contributed by atoms with Gasteiger partial charge in [-0.15, -0.1) is 0 Å². The van der Waals surface area contributed by atoms with Gasteiger partial charge in [0, 0.05) is 19.3 Å². The van der Waals surface area contributed by atoms with E-state index in [0.29, 0.717) is 19.0 Å². The third kappa shape index (κ3) is 4.95. The van der Waals surface area contributed by atoms with E-state index < -0.39 is 21.9 Å². The van der Waals surface area contributed by atoms with Crippen LogP contribution in [-0.2, 0) is 19.4 Å². The molecule has 0 saturated carbocycles. The van der Waals surface area contributed by atoms with Gasteiger partial charge in [0.15, 0.2) is 15.9 Å². The van der Waals surface area contributed by atoms with Crippen molar-refractivity contribution >= 4 is 33.3 Å². The Balaban J connectivity index is 2.07. The lowest BCUT2D eigenvalue weighted by Gasteiger charge is -2.31. The summed E-state index contributed by atoms with van der Waals surface area (Å²) < 4.78 is 28.6. The summed E-state index contributed by atoms with van der Waals surface area (Å²) in [5, 5.41) is 0.0330. The minimum atomic E-state index is -3.57. The van der Waals surface area contributed by atoms with Crippen LogP contribution >= 0.6 is 11.6 Å². The predicted octanol–water partition coefficient (Wildman–Crippen LogP) is 2.55. The van der Waals surface area contributed by atoms with Crippen molar-refractivity contribution < 1.29 is 22.7 Å². The van der Waals surface area contributed by atoms with Gasteiger partial charge in [-0.3, -0.25) is 4.79 Å². The maximum Gasteiger partial charge on any atom is 0.338 e. The molecule has 0 bridgehead atoms. The SMILES string of the molecule is CC1CCN(C(=O)C(C)OC(=O)c2ccc(Cl)c(S(C)(=O)=O)c2)CC1. The maximum absolute atomic E-state index is 12.4. The van der Waals surface area contributed by atoms with E-state index in [2.05, 4.69) is 6.92 Å². The average molecular weight is 388 g/mol. The van der Waals surface area contributed by atoms with Crippen LogP contribution in [0.3, 0.4) is 0 Å². The molecular weight excluding hydrogens is 366 g/mol. The summed E-state index contributed by atoms with van der Waals surface area (Å²) in [5.41, 5.74) is 0.0386. The molecule has 1 unspecified atom stereocenters. The maximum atomic E-state index is 12.4. The summed E-state index contributed by atoms with van der Waals surface area (Å²) in [6.07, 6.45) is 1.94. The van der Waals surface area contributed by atoms with Gasteiger partial charge in [-0.2, -0.15) is 0 Å². The van der Waals surface area contributed by atoms with Crippen LogP contribution in [0.5, 0.6) is 0 Å². The van der Waals surface area contributed by atoms with Crippen molar-refractivity contribution in [3.05, 3.63) is 28.8 Å². The second-order valence-corrected chi connectivity index (χ2v) is 8.86. The highest BCUT2D eigenvalue weighted by Crippen LogP contribution is 2.23. The number of hydrogen-bond acceptors (Lipinski definition) is 5. The van der Waals surface area contributed by atoms with E-state index in [9.17, 15) is 18.0 Å². The Labute approximate surface area is 153 Å². The minimum Gasteiger partial charge on any atom is -0.449 e. The summed E-state index contributed by atoms with van der Waals surface area (Å²) in [6.45, 7) is 4.97. The van der Waals surface area contributed by atoms with E-state index >= 15 is 0 Å². The first-order valence-corrected chi connectivity index (χ1v) is 10.4. The van der Waals surface area contributed by atoms with Crippen molar-refractivity contribution in [2.45, 2.75) is 37.7 Å². The monoisotopic (exact) mass is 387 g/mol. The number of sulfone groups is 1. The molecule has 0 aliphatic carbocycles. The molecule has 1 fully saturated rings. The van der Waals surface area contributed by atoms with E-state index in [1.54, 1.807) is 4.90 Å². The summed E-state index contributed by atoms with van der Waals surface area (Å²) in [5.74, 6) is -0.407. The minimum absolute atomic E-state index is 0.0330. The lowest BCUT2D eigenvalue weighted by atomic mass is 9.99. The Bertz CT molecular complexity index is 769. The average Bonchev–Trinajstić information content (AvgIpc) is 2.54. The first-order valence-electron chi connectivity index (χ1n) is 8.09. The molecule has 0 spiro atoms. The number of nitrogens with zero attached hydrogens (tertiary/aromatic N) is 1. The highest BCUT2D eigenvalue weighted by Gasteiger charge is 2.27. The van der Waals surface area contributed by atoms with Crippen molar-refractivity contribution in [1.82, 2.24) is 4.90 Å². The van der Waals surface area contributed by atoms with Crippen molar-refractivity contribution in [1.29, 1.82) is 0 Å². The first-order chi connectivity index (χ1) is 11.6. The van der Waals surface area contributed by atoms with E-state index in [0.717, 1.165) is 19.1 Å². The second-order valence-electron chi connectivity index (χ2n) is 6.47. The fraction of sp³-hybridized carbons (Fsp3) is 0.529. The van der Waals surface area contributed by atoms with Crippen molar-refractivity contribution in [3.63, 3.8) is 0 Å². The molecule has 8 heteroatoms. The van der Waals surface area contributed by atoms with Crippen LogP contribution in [0.25, 0.3) is 0 Å². The highest BCUT2D eigenvalue weighted by atomic mass is 35.5. The fourth-order valence-electron chi connectivity index (χ4n) is 2.68. The molecule has 1 saturated heterocycles. The Morgan fingerprint density at radius 1 is 1.28 bits per heavy atom. The van der Waals surface area contributed by atoms with Crippen LogP contribution in [0.2, 0.25) is 5.02 Å². The van der Waals surface area contributed by atoms with Gasteiger partial charge in [-0.1, -0.05) is 18.5 Å². The second kappa shape index (κ2) is 7.74. The van der Waals surface area contributed by atoms with Gasteiger partial charge in [-0.05, 0) is 43.9 Å². The molecule has 1 atom stereocenters. The number of rotatable bonds is 4. The summed E-state index contributed by atoms with van der Waals surface area (Å²) >= 11 is 5.86. The zero-order chi connectivity index (χ0) is 18.8. The largest absolute Gasteiger partial charge is 0.449 e. The molecule has 0 aromatic heterocycles. The lowest BCUT2D eigenvalue weighted by Crippen LogP contribution is -2.44. The van der Waals surface area contributed by atoms with Crippen LogP contribution in [0.15, 0.2) is 23.1 Å². The van der Waals surface area contributed by atoms with Crippen molar-refractivity contribution in [2.75, 3.05) is 19.3 Å². The van der Waals surface area contributed by atoms with Crippen LogP contribution in [0.4, 0.5) is 0 Å². The Morgan fingerprint density at radius 3 is 2.44 bits per heavy atom. The zero-order valence-corrected chi connectivity index (χ0v) is 16.1. The lowest BCUT2D eigenvalue weighted by molar-refractivity contribution is -0.141. The Kier molecular flexibility index (Phi) is 6.11. The summed E-state index contributed by atoms with van der Waals surface area (Å²) in [7, 11) is -3.57. The molecule has 2 rings (SSSR count).